The molecule has 1 aliphatic rings. The van der Waals surface area contributed by atoms with Crippen LogP contribution in [0.2, 0.25) is 0 Å². The summed E-state index contributed by atoms with van der Waals surface area (Å²) in [6.45, 7) is 9.10. The van der Waals surface area contributed by atoms with E-state index >= 15 is 0 Å². The Hall–Kier alpha value is -3.44. The minimum absolute atomic E-state index is 0.0455. The summed E-state index contributed by atoms with van der Waals surface area (Å²) in [4.78, 5) is 39.4. The number of nitriles is 1. The standard InChI is InChI=1S/C26H25BrN2O5/c1-14(2)13-29-24(30)20(16(5)22(12-28)25(29)31)11-18-7-9-23(34-18)19-8-6-17(27)10-21(19)26(32)33-15(3)4/h6-11,14-15H,13H2,1-5H3/b20-11+. The van der Waals surface area contributed by atoms with E-state index in [1.807, 2.05) is 19.9 Å². The van der Waals surface area contributed by atoms with Gasteiger partial charge in [0.2, 0.25) is 0 Å². The van der Waals surface area contributed by atoms with Crippen molar-refractivity contribution < 1.29 is 23.5 Å². The van der Waals surface area contributed by atoms with Gasteiger partial charge in [-0.25, -0.2) is 4.79 Å². The second kappa shape index (κ2) is 10.2. The van der Waals surface area contributed by atoms with E-state index in [2.05, 4.69) is 15.9 Å². The van der Waals surface area contributed by atoms with Crippen molar-refractivity contribution in [3.05, 3.63) is 62.8 Å². The molecule has 1 aromatic carbocycles. The van der Waals surface area contributed by atoms with Crippen LogP contribution < -0.4 is 0 Å². The van der Waals surface area contributed by atoms with Crippen LogP contribution in [-0.2, 0) is 14.3 Å². The topological polar surface area (TPSA) is 101 Å². The lowest BCUT2D eigenvalue weighted by atomic mass is 9.94. The molecule has 2 aromatic rings. The Morgan fingerprint density at radius 3 is 2.50 bits per heavy atom. The second-order valence-corrected chi connectivity index (χ2v) is 9.55. The van der Waals surface area contributed by atoms with E-state index in [1.54, 1.807) is 51.1 Å². The number of esters is 1. The van der Waals surface area contributed by atoms with Crippen molar-refractivity contribution in [1.82, 2.24) is 4.90 Å². The zero-order valence-corrected chi connectivity index (χ0v) is 21.2. The van der Waals surface area contributed by atoms with Gasteiger partial charge in [0.05, 0.1) is 11.7 Å². The van der Waals surface area contributed by atoms with E-state index in [4.69, 9.17) is 9.15 Å². The molecule has 0 N–H and O–H groups in total. The first kappa shape index (κ1) is 25.2. The molecule has 0 unspecified atom stereocenters. The Labute approximate surface area is 206 Å². The largest absolute Gasteiger partial charge is 0.459 e. The highest BCUT2D eigenvalue weighted by Crippen LogP contribution is 2.32. The summed E-state index contributed by atoms with van der Waals surface area (Å²) >= 11 is 3.38. The van der Waals surface area contributed by atoms with Crippen molar-refractivity contribution in [1.29, 1.82) is 5.26 Å². The molecule has 0 atom stereocenters. The number of hydrogen-bond acceptors (Lipinski definition) is 6. The first-order chi connectivity index (χ1) is 16.0. The van der Waals surface area contributed by atoms with E-state index in [9.17, 15) is 19.6 Å². The monoisotopic (exact) mass is 524 g/mol. The van der Waals surface area contributed by atoms with Gasteiger partial charge in [0, 0.05) is 22.2 Å². The van der Waals surface area contributed by atoms with Crippen LogP contribution in [0, 0.1) is 17.2 Å². The predicted octanol–water partition coefficient (Wildman–Crippen LogP) is 5.52. The number of hydrogen-bond donors (Lipinski definition) is 0. The average molecular weight is 525 g/mol. The van der Waals surface area contributed by atoms with Crippen LogP contribution in [-0.4, -0.2) is 35.3 Å². The smallest absolute Gasteiger partial charge is 0.339 e. The average Bonchev–Trinajstić information content (AvgIpc) is 3.22. The zero-order chi connectivity index (χ0) is 25.2. The number of ether oxygens (including phenoxy) is 1. The van der Waals surface area contributed by atoms with Crippen molar-refractivity contribution in [3.63, 3.8) is 0 Å². The van der Waals surface area contributed by atoms with E-state index in [0.29, 0.717) is 32.7 Å². The molecule has 1 aromatic heterocycles. The number of nitrogens with zero attached hydrogens (tertiary/aromatic N) is 2. The fourth-order valence-electron chi connectivity index (χ4n) is 3.56. The van der Waals surface area contributed by atoms with Gasteiger partial charge in [-0.1, -0.05) is 29.8 Å². The van der Waals surface area contributed by atoms with Gasteiger partial charge in [0.15, 0.2) is 0 Å². The van der Waals surface area contributed by atoms with Crippen molar-refractivity contribution in [2.75, 3.05) is 6.54 Å². The van der Waals surface area contributed by atoms with Crippen molar-refractivity contribution >= 4 is 39.8 Å². The molecular formula is C26H25BrN2O5. The lowest BCUT2D eigenvalue weighted by molar-refractivity contribution is -0.141. The van der Waals surface area contributed by atoms with Crippen LogP contribution in [0.15, 0.2) is 55.9 Å². The van der Waals surface area contributed by atoms with E-state index < -0.39 is 17.8 Å². The summed E-state index contributed by atoms with van der Waals surface area (Å²) in [6.07, 6.45) is 1.23. The van der Waals surface area contributed by atoms with Gasteiger partial charge in [0.25, 0.3) is 11.8 Å². The molecule has 0 spiro atoms. The van der Waals surface area contributed by atoms with Crippen LogP contribution in [0.5, 0.6) is 0 Å². The minimum atomic E-state index is -0.584. The number of imide groups is 1. The summed E-state index contributed by atoms with van der Waals surface area (Å²) < 4.78 is 12.0. The summed E-state index contributed by atoms with van der Waals surface area (Å²) in [6, 6.07) is 10.5. The van der Waals surface area contributed by atoms with Crippen LogP contribution in [0.4, 0.5) is 0 Å². The first-order valence-electron chi connectivity index (χ1n) is 10.8. The highest BCUT2D eigenvalue weighted by molar-refractivity contribution is 9.10. The third-order valence-electron chi connectivity index (χ3n) is 5.10. The molecule has 2 amide bonds. The molecule has 0 radical (unpaired) electrons. The van der Waals surface area contributed by atoms with Crippen LogP contribution >= 0.6 is 15.9 Å². The zero-order valence-electron chi connectivity index (χ0n) is 19.6. The molecule has 0 bridgehead atoms. The van der Waals surface area contributed by atoms with Gasteiger partial charge in [-0.15, -0.1) is 0 Å². The van der Waals surface area contributed by atoms with Crippen LogP contribution in [0.1, 0.15) is 50.7 Å². The predicted molar refractivity (Wildman–Crippen MR) is 130 cm³/mol. The molecule has 8 heteroatoms. The van der Waals surface area contributed by atoms with Crippen LogP contribution in [0.3, 0.4) is 0 Å². The van der Waals surface area contributed by atoms with Gasteiger partial charge < -0.3 is 9.15 Å². The van der Waals surface area contributed by atoms with E-state index in [-0.39, 0.29) is 29.7 Å². The van der Waals surface area contributed by atoms with Crippen LogP contribution in [0.25, 0.3) is 17.4 Å². The van der Waals surface area contributed by atoms with E-state index in [1.165, 1.54) is 6.08 Å². The maximum atomic E-state index is 13.1. The van der Waals surface area contributed by atoms with Gasteiger partial charge in [-0.3, -0.25) is 14.5 Å². The molecule has 0 fully saturated rings. The van der Waals surface area contributed by atoms with Crippen molar-refractivity contribution in [2.24, 2.45) is 5.92 Å². The number of rotatable bonds is 6. The molecule has 0 saturated heterocycles. The lowest BCUT2D eigenvalue weighted by Gasteiger charge is -2.28. The van der Waals surface area contributed by atoms with E-state index in [0.717, 1.165) is 4.90 Å². The Kier molecular flexibility index (Phi) is 7.57. The Balaban J connectivity index is 2.04. The lowest BCUT2D eigenvalue weighted by Crippen LogP contribution is -2.44. The minimum Gasteiger partial charge on any atom is -0.459 e. The number of furan rings is 1. The molecule has 2 heterocycles. The maximum absolute atomic E-state index is 13.1. The summed E-state index contributed by atoms with van der Waals surface area (Å²) in [5, 5.41) is 9.51. The van der Waals surface area contributed by atoms with Gasteiger partial charge in [-0.2, -0.15) is 5.26 Å². The normalized spacial score (nSPS) is 15.5. The third kappa shape index (κ3) is 5.20. The quantitative estimate of drug-likeness (QED) is 0.280. The summed E-state index contributed by atoms with van der Waals surface area (Å²) in [7, 11) is 0. The molecular weight excluding hydrogens is 500 g/mol. The Morgan fingerprint density at radius 1 is 1.18 bits per heavy atom. The molecule has 3 rings (SSSR count). The van der Waals surface area contributed by atoms with Gasteiger partial charge >= 0.3 is 5.97 Å². The third-order valence-corrected chi connectivity index (χ3v) is 5.59. The number of amides is 2. The SMILES string of the molecule is CC1=C(C#N)C(=O)N(CC(C)C)C(=O)/C1=C/c1ccc(-c2ccc(Br)cc2C(=O)OC(C)C)o1. The summed E-state index contributed by atoms with van der Waals surface area (Å²) in [5.41, 5.74) is 1.33. The molecule has 7 nitrogen and oxygen atoms in total. The maximum Gasteiger partial charge on any atom is 0.339 e. The van der Waals surface area contributed by atoms with Gasteiger partial charge in [0.1, 0.15) is 23.2 Å². The van der Waals surface area contributed by atoms with Gasteiger partial charge in [-0.05, 0) is 68.7 Å². The number of carbonyl (C=O) groups is 3. The Bertz CT molecular complexity index is 1260. The molecule has 34 heavy (non-hydrogen) atoms. The molecule has 176 valence electrons. The molecule has 1 aliphatic heterocycles. The summed E-state index contributed by atoms with van der Waals surface area (Å²) in [5.74, 6) is -0.734. The molecule has 0 aliphatic carbocycles. The molecule has 0 saturated carbocycles. The highest BCUT2D eigenvalue weighted by atomic mass is 79.9. The number of carbonyl (C=O) groups excluding carboxylic acids is 3. The Morgan fingerprint density at radius 2 is 1.88 bits per heavy atom. The first-order valence-corrected chi connectivity index (χ1v) is 11.6. The highest BCUT2D eigenvalue weighted by Gasteiger charge is 2.35. The second-order valence-electron chi connectivity index (χ2n) is 8.63. The fourth-order valence-corrected chi connectivity index (χ4v) is 3.92. The number of benzene rings is 1. The van der Waals surface area contributed by atoms with Crippen molar-refractivity contribution in [2.45, 2.75) is 40.7 Å². The van der Waals surface area contributed by atoms with Crippen molar-refractivity contribution in [3.8, 4) is 17.4 Å². The number of halogens is 1. The fraction of sp³-hybridized carbons (Fsp3) is 0.308.